The van der Waals surface area contributed by atoms with Crippen molar-refractivity contribution in [1.82, 2.24) is 0 Å². The largest absolute Gasteiger partial charge is 0.497 e. The molecule has 0 heterocycles. The molecule has 5 nitrogen and oxygen atoms in total. The van der Waals surface area contributed by atoms with Crippen LogP contribution in [0.4, 0.5) is 5.69 Å². The van der Waals surface area contributed by atoms with Gasteiger partial charge in [-0.1, -0.05) is 12.1 Å². The molecule has 20 heavy (non-hydrogen) atoms. The summed E-state index contributed by atoms with van der Waals surface area (Å²) in [4.78, 5) is 0.0957. The predicted molar refractivity (Wildman–Crippen MR) is 76.8 cm³/mol. The van der Waals surface area contributed by atoms with E-state index in [1.165, 1.54) is 13.2 Å². The summed E-state index contributed by atoms with van der Waals surface area (Å²) >= 11 is 0. The van der Waals surface area contributed by atoms with Crippen LogP contribution in [-0.2, 0) is 10.0 Å². The van der Waals surface area contributed by atoms with Gasteiger partial charge in [0.2, 0.25) is 0 Å². The van der Waals surface area contributed by atoms with E-state index < -0.39 is 10.0 Å². The van der Waals surface area contributed by atoms with Gasteiger partial charge in [-0.3, -0.25) is 4.72 Å². The maximum absolute atomic E-state index is 12.3. The molecule has 0 amide bonds. The first-order chi connectivity index (χ1) is 9.56. The van der Waals surface area contributed by atoms with Crippen molar-refractivity contribution < 1.29 is 17.9 Å². The zero-order valence-electron chi connectivity index (χ0n) is 11.2. The van der Waals surface area contributed by atoms with E-state index in [0.29, 0.717) is 17.2 Å². The maximum atomic E-state index is 12.3. The summed E-state index contributed by atoms with van der Waals surface area (Å²) in [6.07, 6.45) is 0. The second-order valence-corrected chi connectivity index (χ2v) is 5.64. The van der Waals surface area contributed by atoms with Crippen LogP contribution in [0, 0.1) is 0 Å². The Balaban J connectivity index is 2.30. The number of rotatable bonds is 5. The van der Waals surface area contributed by atoms with Gasteiger partial charge in [0, 0.05) is 5.69 Å². The van der Waals surface area contributed by atoms with Crippen LogP contribution in [0.15, 0.2) is 53.4 Å². The standard InChI is InChI=1S/C14H15NO4S/c1-18-12-9-7-11(8-10-12)15-20(16,17)14-6-4-3-5-13(14)19-2/h3-10,15H,1-2H3. The number of nitrogens with one attached hydrogen (secondary N) is 1. The quantitative estimate of drug-likeness (QED) is 0.920. The highest BCUT2D eigenvalue weighted by Gasteiger charge is 2.18. The molecule has 2 aromatic carbocycles. The highest BCUT2D eigenvalue weighted by atomic mass is 32.2. The molecule has 6 heteroatoms. The van der Waals surface area contributed by atoms with Crippen molar-refractivity contribution >= 4 is 15.7 Å². The Hall–Kier alpha value is -2.21. The van der Waals surface area contributed by atoms with E-state index in [1.54, 1.807) is 49.6 Å². The van der Waals surface area contributed by atoms with Gasteiger partial charge in [0.15, 0.2) is 0 Å². The first-order valence-electron chi connectivity index (χ1n) is 5.87. The fourth-order valence-corrected chi connectivity index (χ4v) is 2.94. The molecule has 0 aliphatic carbocycles. The number of hydrogen-bond acceptors (Lipinski definition) is 4. The topological polar surface area (TPSA) is 64.6 Å². The second kappa shape index (κ2) is 5.83. The molecule has 2 rings (SSSR count). The van der Waals surface area contributed by atoms with Crippen molar-refractivity contribution in [2.45, 2.75) is 4.90 Å². The third kappa shape index (κ3) is 3.03. The Labute approximate surface area is 118 Å². The van der Waals surface area contributed by atoms with Gasteiger partial charge in [0.25, 0.3) is 10.0 Å². The molecule has 0 saturated heterocycles. The minimum atomic E-state index is -3.69. The van der Waals surface area contributed by atoms with Crippen LogP contribution in [0.2, 0.25) is 0 Å². The molecule has 0 aromatic heterocycles. The number of sulfonamides is 1. The van der Waals surface area contributed by atoms with Crippen molar-refractivity contribution in [2.75, 3.05) is 18.9 Å². The predicted octanol–water partition coefficient (Wildman–Crippen LogP) is 2.50. The van der Waals surface area contributed by atoms with Gasteiger partial charge < -0.3 is 9.47 Å². The fraction of sp³-hybridized carbons (Fsp3) is 0.143. The molecule has 106 valence electrons. The van der Waals surface area contributed by atoms with Crippen molar-refractivity contribution in [3.05, 3.63) is 48.5 Å². The van der Waals surface area contributed by atoms with E-state index >= 15 is 0 Å². The Morgan fingerprint density at radius 3 is 2.15 bits per heavy atom. The summed E-state index contributed by atoms with van der Waals surface area (Å²) in [5.41, 5.74) is 0.455. The van der Waals surface area contributed by atoms with Crippen LogP contribution >= 0.6 is 0 Å². The van der Waals surface area contributed by atoms with Crippen LogP contribution in [0.1, 0.15) is 0 Å². The van der Waals surface area contributed by atoms with Crippen LogP contribution in [0.3, 0.4) is 0 Å². The molecule has 1 N–H and O–H groups in total. The Bertz CT molecular complexity index is 681. The second-order valence-electron chi connectivity index (χ2n) is 3.98. The smallest absolute Gasteiger partial charge is 0.265 e. The van der Waals surface area contributed by atoms with Gasteiger partial charge in [-0.25, -0.2) is 8.42 Å². The van der Waals surface area contributed by atoms with E-state index in [0.717, 1.165) is 0 Å². The lowest BCUT2D eigenvalue weighted by molar-refractivity contribution is 0.403. The van der Waals surface area contributed by atoms with E-state index in [9.17, 15) is 8.42 Å². The van der Waals surface area contributed by atoms with Crippen molar-refractivity contribution in [3.8, 4) is 11.5 Å². The van der Waals surface area contributed by atoms with Crippen LogP contribution in [0.5, 0.6) is 11.5 Å². The number of ether oxygens (including phenoxy) is 2. The number of para-hydroxylation sites is 1. The minimum Gasteiger partial charge on any atom is -0.497 e. The van der Waals surface area contributed by atoms with Crippen LogP contribution in [0.25, 0.3) is 0 Å². The highest BCUT2D eigenvalue weighted by molar-refractivity contribution is 7.92. The van der Waals surface area contributed by atoms with Gasteiger partial charge in [0.1, 0.15) is 16.4 Å². The van der Waals surface area contributed by atoms with Gasteiger partial charge in [0.05, 0.1) is 14.2 Å². The number of methoxy groups -OCH3 is 2. The van der Waals surface area contributed by atoms with Gasteiger partial charge >= 0.3 is 0 Å². The molecule has 0 atom stereocenters. The number of anilines is 1. The zero-order valence-corrected chi connectivity index (χ0v) is 12.0. The Morgan fingerprint density at radius 2 is 1.55 bits per heavy atom. The fourth-order valence-electron chi connectivity index (χ4n) is 1.71. The molecule has 0 aliphatic rings. The summed E-state index contributed by atoms with van der Waals surface area (Å²) < 4.78 is 37.2. The monoisotopic (exact) mass is 293 g/mol. The molecule has 0 fully saturated rings. The molecule has 0 radical (unpaired) electrons. The highest BCUT2D eigenvalue weighted by Crippen LogP contribution is 2.25. The van der Waals surface area contributed by atoms with Crippen molar-refractivity contribution in [1.29, 1.82) is 0 Å². The molecular weight excluding hydrogens is 278 g/mol. The zero-order chi connectivity index (χ0) is 14.6. The average molecular weight is 293 g/mol. The number of hydrogen-bond donors (Lipinski definition) is 1. The van der Waals surface area contributed by atoms with E-state index in [1.807, 2.05) is 0 Å². The lowest BCUT2D eigenvalue weighted by Crippen LogP contribution is -2.13. The molecule has 0 unspecified atom stereocenters. The van der Waals surface area contributed by atoms with Gasteiger partial charge in [-0.15, -0.1) is 0 Å². The maximum Gasteiger partial charge on any atom is 0.265 e. The first-order valence-corrected chi connectivity index (χ1v) is 7.35. The molecular formula is C14H15NO4S. The summed E-state index contributed by atoms with van der Waals surface area (Å²) in [5, 5.41) is 0. The molecule has 0 bridgehead atoms. The van der Waals surface area contributed by atoms with E-state index in [-0.39, 0.29) is 4.90 Å². The first kappa shape index (κ1) is 14.2. The normalized spacial score (nSPS) is 10.9. The van der Waals surface area contributed by atoms with Crippen LogP contribution in [-0.4, -0.2) is 22.6 Å². The lowest BCUT2D eigenvalue weighted by Gasteiger charge is -2.11. The molecule has 0 saturated carbocycles. The SMILES string of the molecule is COc1ccc(NS(=O)(=O)c2ccccc2OC)cc1. The lowest BCUT2D eigenvalue weighted by atomic mass is 10.3. The molecule has 0 aliphatic heterocycles. The van der Waals surface area contributed by atoms with E-state index in [4.69, 9.17) is 9.47 Å². The molecule has 0 spiro atoms. The molecule has 2 aromatic rings. The van der Waals surface area contributed by atoms with Crippen molar-refractivity contribution in [3.63, 3.8) is 0 Å². The summed E-state index contributed by atoms with van der Waals surface area (Å²) in [6, 6.07) is 13.1. The third-order valence-corrected chi connectivity index (χ3v) is 4.12. The van der Waals surface area contributed by atoms with E-state index in [2.05, 4.69) is 4.72 Å². The minimum absolute atomic E-state index is 0.0957. The summed E-state index contributed by atoms with van der Waals surface area (Å²) in [6.45, 7) is 0. The van der Waals surface area contributed by atoms with Crippen molar-refractivity contribution in [2.24, 2.45) is 0 Å². The number of benzene rings is 2. The third-order valence-electron chi connectivity index (χ3n) is 2.70. The summed E-state index contributed by atoms with van der Waals surface area (Å²) in [5.74, 6) is 0.957. The van der Waals surface area contributed by atoms with Crippen LogP contribution < -0.4 is 14.2 Å². The Morgan fingerprint density at radius 1 is 0.900 bits per heavy atom. The summed E-state index contributed by atoms with van der Waals surface area (Å²) in [7, 11) is -0.710. The average Bonchev–Trinajstić information content (AvgIpc) is 2.47. The van der Waals surface area contributed by atoms with Gasteiger partial charge in [-0.2, -0.15) is 0 Å². The van der Waals surface area contributed by atoms with Gasteiger partial charge in [-0.05, 0) is 36.4 Å². The Kier molecular flexibility index (Phi) is 4.14.